The molecular weight excluding hydrogens is 406 g/mol. The van der Waals surface area contributed by atoms with Gasteiger partial charge in [0, 0.05) is 43.3 Å². The standard InChI is InChI=1S/C18H20ClN3O5S/c1-12-9-15(10-13(2)18(12)19)27-16-4-3-14(22(23)24)11-17(16)28(25,26)21-7-5-20-6-8-21/h3-4,9-11,20H,5-8H2,1-2H3. The first-order valence-corrected chi connectivity index (χ1v) is 10.5. The normalized spacial score (nSPS) is 15.4. The number of benzene rings is 2. The molecule has 28 heavy (non-hydrogen) atoms. The van der Waals surface area contributed by atoms with Crippen LogP contribution in [-0.4, -0.2) is 43.8 Å². The topological polar surface area (TPSA) is 102 Å². The quantitative estimate of drug-likeness (QED) is 0.582. The third kappa shape index (κ3) is 4.12. The average Bonchev–Trinajstić information content (AvgIpc) is 2.66. The van der Waals surface area contributed by atoms with Crippen LogP contribution < -0.4 is 10.1 Å². The van der Waals surface area contributed by atoms with Crippen molar-refractivity contribution in [2.24, 2.45) is 0 Å². The molecule has 2 aromatic carbocycles. The molecule has 0 unspecified atom stereocenters. The highest BCUT2D eigenvalue weighted by atomic mass is 35.5. The Hall–Kier alpha value is -2.20. The van der Waals surface area contributed by atoms with E-state index >= 15 is 0 Å². The van der Waals surface area contributed by atoms with Gasteiger partial charge in [0.05, 0.1) is 4.92 Å². The summed E-state index contributed by atoms with van der Waals surface area (Å²) >= 11 is 6.17. The van der Waals surface area contributed by atoms with Crippen molar-refractivity contribution in [1.29, 1.82) is 0 Å². The van der Waals surface area contributed by atoms with E-state index < -0.39 is 14.9 Å². The first-order chi connectivity index (χ1) is 13.2. The number of hydrogen-bond acceptors (Lipinski definition) is 6. The molecule has 150 valence electrons. The van der Waals surface area contributed by atoms with Gasteiger partial charge in [-0.05, 0) is 43.2 Å². The molecule has 3 rings (SSSR count). The van der Waals surface area contributed by atoms with Crippen LogP contribution in [0.5, 0.6) is 11.5 Å². The smallest absolute Gasteiger partial charge is 0.271 e. The van der Waals surface area contributed by atoms with Gasteiger partial charge >= 0.3 is 0 Å². The van der Waals surface area contributed by atoms with E-state index in [0.717, 1.165) is 17.2 Å². The first-order valence-electron chi connectivity index (χ1n) is 8.64. The molecule has 0 spiro atoms. The molecule has 10 heteroatoms. The highest BCUT2D eigenvalue weighted by Gasteiger charge is 2.31. The lowest BCUT2D eigenvalue weighted by Crippen LogP contribution is -2.46. The minimum Gasteiger partial charge on any atom is -0.456 e. The molecule has 0 aromatic heterocycles. The summed E-state index contributed by atoms with van der Waals surface area (Å²) in [5.74, 6) is 0.440. The molecule has 1 N–H and O–H groups in total. The van der Waals surface area contributed by atoms with Crippen LogP contribution in [0.1, 0.15) is 11.1 Å². The summed E-state index contributed by atoms with van der Waals surface area (Å²) in [6, 6.07) is 6.96. The molecule has 1 heterocycles. The summed E-state index contributed by atoms with van der Waals surface area (Å²) in [5.41, 5.74) is 1.25. The second-order valence-electron chi connectivity index (χ2n) is 6.52. The second kappa shape index (κ2) is 8.04. The monoisotopic (exact) mass is 425 g/mol. The SMILES string of the molecule is Cc1cc(Oc2ccc([N+](=O)[O-])cc2S(=O)(=O)N2CCNCC2)cc(C)c1Cl. The molecule has 0 aliphatic carbocycles. The summed E-state index contributed by atoms with van der Waals surface area (Å²) in [5, 5.41) is 14.9. The van der Waals surface area contributed by atoms with Gasteiger partial charge in [-0.15, -0.1) is 0 Å². The fraction of sp³-hybridized carbons (Fsp3) is 0.333. The predicted octanol–water partition coefficient (Wildman–Crippen LogP) is 3.25. The van der Waals surface area contributed by atoms with Crippen LogP contribution in [0.3, 0.4) is 0 Å². The van der Waals surface area contributed by atoms with E-state index in [2.05, 4.69) is 5.32 Å². The Morgan fingerprint density at radius 3 is 2.32 bits per heavy atom. The van der Waals surface area contributed by atoms with E-state index in [-0.39, 0.29) is 29.4 Å². The largest absolute Gasteiger partial charge is 0.456 e. The number of rotatable bonds is 5. The van der Waals surface area contributed by atoms with Crippen molar-refractivity contribution in [3.8, 4) is 11.5 Å². The van der Waals surface area contributed by atoms with E-state index in [1.807, 2.05) is 13.8 Å². The van der Waals surface area contributed by atoms with Gasteiger partial charge in [-0.2, -0.15) is 4.31 Å². The molecule has 0 amide bonds. The Morgan fingerprint density at radius 2 is 1.75 bits per heavy atom. The summed E-state index contributed by atoms with van der Waals surface area (Å²) < 4.78 is 33.4. The zero-order chi connectivity index (χ0) is 20.5. The summed E-state index contributed by atoms with van der Waals surface area (Å²) in [6.07, 6.45) is 0. The van der Waals surface area contributed by atoms with Crippen molar-refractivity contribution in [1.82, 2.24) is 9.62 Å². The molecule has 8 nitrogen and oxygen atoms in total. The number of nitro groups is 1. The molecule has 1 fully saturated rings. The molecule has 1 aliphatic rings. The number of non-ortho nitro benzene ring substituents is 1. The van der Waals surface area contributed by atoms with Crippen LogP contribution in [-0.2, 0) is 10.0 Å². The molecule has 0 saturated carbocycles. The fourth-order valence-corrected chi connectivity index (χ4v) is 4.70. The van der Waals surface area contributed by atoms with E-state index in [4.69, 9.17) is 16.3 Å². The number of nitrogens with zero attached hydrogens (tertiary/aromatic N) is 2. The number of piperazine rings is 1. The minimum absolute atomic E-state index is 0.0326. The minimum atomic E-state index is -3.96. The van der Waals surface area contributed by atoms with Gasteiger partial charge in [0.15, 0.2) is 0 Å². The Morgan fingerprint density at radius 1 is 1.14 bits per heavy atom. The second-order valence-corrected chi connectivity index (χ2v) is 8.80. The number of sulfonamides is 1. The lowest BCUT2D eigenvalue weighted by molar-refractivity contribution is -0.385. The molecule has 0 bridgehead atoms. The molecule has 2 aromatic rings. The van der Waals surface area contributed by atoms with Crippen molar-refractivity contribution >= 4 is 27.3 Å². The Kier molecular flexibility index (Phi) is 5.90. The van der Waals surface area contributed by atoms with Crippen LogP contribution in [0.2, 0.25) is 5.02 Å². The molecular formula is C18H20ClN3O5S. The first kappa shape index (κ1) is 20.5. The van der Waals surface area contributed by atoms with E-state index in [1.54, 1.807) is 12.1 Å². The van der Waals surface area contributed by atoms with Gasteiger partial charge in [0.2, 0.25) is 10.0 Å². The third-order valence-electron chi connectivity index (χ3n) is 4.47. The van der Waals surface area contributed by atoms with Crippen LogP contribution in [0, 0.1) is 24.0 Å². The average molecular weight is 426 g/mol. The Bertz CT molecular complexity index is 997. The van der Waals surface area contributed by atoms with Gasteiger partial charge in [-0.1, -0.05) is 11.6 Å². The van der Waals surface area contributed by atoms with Crippen LogP contribution in [0.4, 0.5) is 5.69 Å². The van der Waals surface area contributed by atoms with Crippen LogP contribution in [0.15, 0.2) is 35.2 Å². The maximum atomic E-state index is 13.1. The van der Waals surface area contributed by atoms with Crippen molar-refractivity contribution in [2.45, 2.75) is 18.7 Å². The highest BCUT2D eigenvalue weighted by Crippen LogP contribution is 2.35. The Balaban J connectivity index is 2.07. The van der Waals surface area contributed by atoms with Crippen molar-refractivity contribution in [2.75, 3.05) is 26.2 Å². The van der Waals surface area contributed by atoms with Crippen molar-refractivity contribution in [3.63, 3.8) is 0 Å². The van der Waals surface area contributed by atoms with Gasteiger partial charge < -0.3 is 10.1 Å². The third-order valence-corrected chi connectivity index (χ3v) is 6.99. The highest BCUT2D eigenvalue weighted by molar-refractivity contribution is 7.89. The van der Waals surface area contributed by atoms with Gasteiger partial charge in [-0.3, -0.25) is 10.1 Å². The molecule has 0 atom stereocenters. The number of hydrogen-bond donors (Lipinski definition) is 1. The van der Waals surface area contributed by atoms with Crippen molar-refractivity contribution in [3.05, 3.63) is 56.6 Å². The summed E-state index contributed by atoms with van der Waals surface area (Å²) in [6.45, 7) is 5.22. The molecule has 1 aliphatic heterocycles. The van der Waals surface area contributed by atoms with Crippen LogP contribution >= 0.6 is 11.6 Å². The lowest BCUT2D eigenvalue weighted by atomic mass is 10.1. The van der Waals surface area contributed by atoms with Gasteiger partial charge in [0.25, 0.3) is 5.69 Å². The maximum Gasteiger partial charge on any atom is 0.271 e. The van der Waals surface area contributed by atoms with E-state index in [1.165, 1.54) is 16.4 Å². The lowest BCUT2D eigenvalue weighted by Gasteiger charge is -2.27. The number of aryl methyl sites for hydroxylation is 2. The van der Waals surface area contributed by atoms with Crippen molar-refractivity contribution < 1.29 is 18.1 Å². The molecule has 0 radical (unpaired) electrons. The fourth-order valence-electron chi connectivity index (χ4n) is 3.01. The summed E-state index contributed by atoms with van der Waals surface area (Å²) in [4.78, 5) is 10.3. The zero-order valence-electron chi connectivity index (χ0n) is 15.4. The van der Waals surface area contributed by atoms with Gasteiger partial charge in [0.1, 0.15) is 16.4 Å². The number of ether oxygens (including phenoxy) is 1. The number of nitro benzene ring substituents is 1. The maximum absolute atomic E-state index is 13.1. The number of nitrogens with one attached hydrogen (secondary N) is 1. The Labute approximate surface area is 168 Å². The molecule has 1 saturated heterocycles. The van der Waals surface area contributed by atoms with Gasteiger partial charge in [-0.25, -0.2) is 8.42 Å². The predicted molar refractivity (Wildman–Crippen MR) is 106 cm³/mol. The van der Waals surface area contributed by atoms with E-state index in [0.29, 0.717) is 23.9 Å². The zero-order valence-corrected chi connectivity index (χ0v) is 17.0. The summed E-state index contributed by atoms with van der Waals surface area (Å²) in [7, 11) is -3.96. The van der Waals surface area contributed by atoms with Crippen LogP contribution in [0.25, 0.3) is 0 Å². The number of halogens is 1. The van der Waals surface area contributed by atoms with E-state index in [9.17, 15) is 18.5 Å².